The molecule has 1 N–H and O–H groups in total. The average Bonchev–Trinajstić information content (AvgIpc) is 2.99. The molecular weight excluding hydrogens is 347 g/mol. The summed E-state index contributed by atoms with van der Waals surface area (Å²) in [6.45, 7) is 5.25. The number of morpholine rings is 1. The molecule has 132 valence electrons. The zero-order valence-electron chi connectivity index (χ0n) is 13.7. The van der Waals surface area contributed by atoms with Crippen LogP contribution in [-0.2, 0) is 16.0 Å². The predicted molar refractivity (Wildman–Crippen MR) is 96.8 cm³/mol. The molecule has 4 nitrogen and oxygen atoms in total. The van der Waals surface area contributed by atoms with E-state index in [0.29, 0.717) is 13.0 Å². The highest BCUT2D eigenvalue weighted by atomic mass is 35.5. The van der Waals surface area contributed by atoms with Crippen molar-refractivity contribution in [3.8, 4) is 0 Å². The zero-order chi connectivity index (χ0) is 16.9. The molecule has 0 aromatic heterocycles. The molecule has 1 heterocycles. The minimum absolute atomic E-state index is 0.0597. The van der Waals surface area contributed by atoms with E-state index in [1.807, 2.05) is 18.2 Å². The smallest absolute Gasteiger partial charge is 0.224 e. The van der Waals surface area contributed by atoms with E-state index in [2.05, 4.69) is 16.3 Å². The number of hydrogen-bond donors (Lipinski definition) is 1. The van der Waals surface area contributed by atoms with Crippen molar-refractivity contribution in [3.05, 3.63) is 35.4 Å². The van der Waals surface area contributed by atoms with E-state index in [1.54, 1.807) is 0 Å². The molecule has 2 atom stereocenters. The van der Waals surface area contributed by atoms with Crippen molar-refractivity contribution in [3.63, 3.8) is 0 Å². The van der Waals surface area contributed by atoms with E-state index in [0.717, 1.165) is 44.8 Å². The highest BCUT2D eigenvalue weighted by Gasteiger charge is 2.40. The second kappa shape index (κ2) is 8.52. The van der Waals surface area contributed by atoms with Gasteiger partial charge in [0.25, 0.3) is 0 Å². The lowest BCUT2D eigenvalue weighted by Crippen LogP contribution is -2.39. The topological polar surface area (TPSA) is 41.6 Å². The third-order valence-electron chi connectivity index (χ3n) is 4.95. The molecule has 1 saturated heterocycles. The van der Waals surface area contributed by atoms with E-state index in [4.69, 9.17) is 27.9 Å². The first-order valence-corrected chi connectivity index (χ1v) is 9.48. The molecule has 3 rings (SSSR count). The normalized spacial score (nSPS) is 24.1. The van der Waals surface area contributed by atoms with Gasteiger partial charge in [-0.1, -0.05) is 24.3 Å². The summed E-state index contributed by atoms with van der Waals surface area (Å²) in [6, 6.07) is 8.06. The standard InChI is InChI=1S/C18H24Cl2N2O2/c19-17(20)16-14-5-2-1-4-13(14)12-15(16)18(23)21-6-3-7-22-8-10-24-11-9-22/h1-2,4-5,15-17H,3,6-12H2,(H,21,23)/t15-,16-/m0/s1. The lowest BCUT2D eigenvalue weighted by Gasteiger charge is -2.26. The lowest BCUT2D eigenvalue weighted by atomic mass is 9.93. The number of fused-ring (bicyclic) bond motifs is 1. The first kappa shape index (κ1) is 18.0. The van der Waals surface area contributed by atoms with E-state index in [1.165, 1.54) is 5.56 Å². The molecule has 6 heteroatoms. The number of halogens is 2. The van der Waals surface area contributed by atoms with Gasteiger partial charge in [-0.3, -0.25) is 9.69 Å². The van der Waals surface area contributed by atoms with Gasteiger partial charge in [0.2, 0.25) is 5.91 Å². The van der Waals surface area contributed by atoms with Crippen molar-refractivity contribution in [2.75, 3.05) is 39.4 Å². The molecule has 1 aliphatic heterocycles. The molecule has 1 aromatic carbocycles. The molecule has 1 aliphatic carbocycles. The van der Waals surface area contributed by atoms with Gasteiger partial charge in [-0.05, 0) is 30.5 Å². The van der Waals surface area contributed by atoms with Gasteiger partial charge in [0.1, 0.15) is 4.84 Å². The highest BCUT2D eigenvalue weighted by molar-refractivity contribution is 6.45. The molecule has 24 heavy (non-hydrogen) atoms. The molecule has 0 radical (unpaired) electrons. The number of nitrogens with zero attached hydrogens (tertiary/aromatic N) is 1. The number of amides is 1. The minimum atomic E-state index is -0.572. The third-order valence-corrected chi connectivity index (χ3v) is 5.49. The van der Waals surface area contributed by atoms with Crippen LogP contribution in [0, 0.1) is 5.92 Å². The van der Waals surface area contributed by atoms with Crippen molar-refractivity contribution in [1.29, 1.82) is 0 Å². The summed E-state index contributed by atoms with van der Waals surface area (Å²) in [6.07, 6.45) is 1.66. The number of hydrogen-bond acceptors (Lipinski definition) is 3. The van der Waals surface area contributed by atoms with E-state index < -0.39 is 4.84 Å². The number of alkyl halides is 2. The summed E-state index contributed by atoms with van der Waals surface area (Å²) in [5.41, 5.74) is 2.29. The first-order valence-electron chi connectivity index (χ1n) is 8.60. The van der Waals surface area contributed by atoms with Crippen molar-refractivity contribution in [2.24, 2.45) is 5.92 Å². The molecule has 1 amide bonds. The van der Waals surface area contributed by atoms with Crippen LogP contribution in [0.2, 0.25) is 0 Å². The van der Waals surface area contributed by atoms with Gasteiger partial charge in [-0.25, -0.2) is 0 Å². The summed E-state index contributed by atoms with van der Waals surface area (Å²) < 4.78 is 5.34. The van der Waals surface area contributed by atoms with E-state index >= 15 is 0 Å². The Morgan fingerprint density at radius 2 is 2.04 bits per heavy atom. The number of rotatable bonds is 6. The van der Waals surface area contributed by atoms with Crippen molar-refractivity contribution in [1.82, 2.24) is 10.2 Å². The lowest BCUT2D eigenvalue weighted by molar-refractivity contribution is -0.125. The maximum absolute atomic E-state index is 12.6. The Bertz CT molecular complexity index is 562. The van der Waals surface area contributed by atoms with Crippen molar-refractivity contribution >= 4 is 29.1 Å². The molecular formula is C18H24Cl2N2O2. The SMILES string of the molecule is O=C(NCCCN1CCOCC1)[C@H]1Cc2ccccc2[C@@H]1C(Cl)Cl. The summed E-state index contributed by atoms with van der Waals surface area (Å²) in [5.74, 6) is -0.237. The fourth-order valence-electron chi connectivity index (χ4n) is 3.66. The third kappa shape index (κ3) is 4.23. The molecule has 2 aliphatic rings. The monoisotopic (exact) mass is 370 g/mol. The van der Waals surface area contributed by atoms with Crippen LogP contribution in [0.5, 0.6) is 0 Å². The summed E-state index contributed by atoms with van der Waals surface area (Å²) in [5, 5.41) is 3.07. The van der Waals surface area contributed by atoms with E-state index in [9.17, 15) is 4.79 Å². The number of ether oxygens (including phenoxy) is 1. The first-order chi connectivity index (χ1) is 11.7. The van der Waals surface area contributed by atoms with Crippen LogP contribution in [0.3, 0.4) is 0 Å². The van der Waals surface area contributed by atoms with Gasteiger partial charge in [0.15, 0.2) is 0 Å². The van der Waals surface area contributed by atoms with Gasteiger partial charge in [-0.15, -0.1) is 23.2 Å². The Kier molecular flexibility index (Phi) is 6.39. The Morgan fingerprint density at radius 3 is 2.79 bits per heavy atom. The zero-order valence-corrected chi connectivity index (χ0v) is 15.2. The molecule has 0 spiro atoms. The molecule has 1 aromatic rings. The second-order valence-electron chi connectivity index (χ2n) is 6.47. The fraction of sp³-hybridized carbons (Fsp3) is 0.611. The van der Waals surface area contributed by atoms with Gasteiger partial charge in [0.05, 0.1) is 19.1 Å². The van der Waals surface area contributed by atoms with Gasteiger partial charge in [-0.2, -0.15) is 0 Å². The number of benzene rings is 1. The quantitative estimate of drug-likeness (QED) is 0.617. The Balaban J connectivity index is 1.49. The largest absolute Gasteiger partial charge is 0.379 e. The highest BCUT2D eigenvalue weighted by Crippen LogP contribution is 2.43. The van der Waals surface area contributed by atoms with E-state index in [-0.39, 0.29) is 17.7 Å². The average molecular weight is 371 g/mol. The number of carbonyl (C=O) groups is 1. The fourth-order valence-corrected chi connectivity index (χ4v) is 4.29. The van der Waals surface area contributed by atoms with Crippen LogP contribution in [0.1, 0.15) is 23.5 Å². The predicted octanol–water partition coefficient (Wildman–Crippen LogP) is 2.58. The van der Waals surface area contributed by atoms with Crippen LogP contribution in [-0.4, -0.2) is 55.0 Å². The summed E-state index contributed by atoms with van der Waals surface area (Å²) in [7, 11) is 0. The molecule has 0 bridgehead atoms. The van der Waals surface area contributed by atoms with Crippen molar-refractivity contribution in [2.45, 2.75) is 23.6 Å². The van der Waals surface area contributed by atoms with Crippen LogP contribution < -0.4 is 5.32 Å². The minimum Gasteiger partial charge on any atom is -0.379 e. The van der Waals surface area contributed by atoms with Gasteiger partial charge < -0.3 is 10.1 Å². The van der Waals surface area contributed by atoms with Gasteiger partial charge in [0, 0.05) is 25.6 Å². The van der Waals surface area contributed by atoms with Crippen LogP contribution in [0.15, 0.2) is 24.3 Å². The maximum Gasteiger partial charge on any atom is 0.224 e. The summed E-state index contributed by atoms with van der Waals surface area (Å²) in [4.78, 5) is 14.4. The molecule has 1 fully saturated rings. The summed E-state index contributed by atoms with van der Waals surface area (Å²) >= 11 is 12.4. The van der Waals surface area contributed by atoms with Crippen LogP contribution >= 0.6 is 23.2 Å². The Labute approximate surface area is 153 Å². The Morgan fingerprint density at radius 1 is 1.29 bits per heavy atom. The van der Waals surface area contributed by atoms with Gasteiger partial charge >= 0.3 is 0 Å². The number of nitrogens with one attached hydrogen (secondary N) is 1. The van der Waals surface area contributed by atoms with Crippen molar-refractivity contribution < 1.29 is 9.53 Å². The molecule has 0 unspecified atom stereocenters. The number of carbonyl (C=O) groups excluding carboxylic acids is 1. The van der Waals surface area contributed by atoms with Crippen LogP contribution in [0.25, 0.3) is 0 Å². The Hall–Kier alpha value is -0.810. The second-order valence-corrected chi connectivity index (χ2v) is 7.63. The molecule has 0 saturated carbocycles. The maximum atomic E-state index is 12.6. The van der Waals surface area contributed by atoms with Crippen LogP contribution in [0.4, 0.5) is 0 Å².